The second-order valence-electron chi connectivity index (χ2n) is 6.46. The summed E-state index contributed by atoms with van der Waals surface area (Å²) in [6.45, 7) is 13.3. The smallest absolute Gasteiger partial charge is 0.228 e. The van der Waals surface area contributed by atoms with Crippen LogP contribution in [0.2, 0.25) is 0 Å². The topological polar surface area (TPSA) is 32.7 Å². The van der Waals surface area contributed by atoms with E-state index in [4.69, 9.17) is 0 Å². The Morgan fingerprint density at radius 2 is 1.69 bits per heavy atom. The van der Waals surface area contributed by atoms with Crippen LogP contribution < -0.4 is 0 Å². The molecule has 0 N–H and O–H groups in total. The molecule has 0 saturated heterocycles. The minimum Gasteiger partial charge on any atom is -0.295 e. The van der Waals surface area contributed by atoms with Gasteiger partial charge >= 0.3 is 0 Å². The van der Waals surface area contributed by atoms with Crippen molar-refractivity contribution >= 4 is 11.7 Å². The Labute approximate surface area is 98.9 Å². The molecule has 1 aliphatic heterocycles. The highest BCUT2D eigenvalue weighted by Crippen LogP contribution is 2.28. The van der Waals surface area contributed by atoms with Crippen molar-refractivity contribution < 1.29 is 4.79 Å². The Morgan fingerprint density at radius 1 is 1.12 bits per heavy atom. The SMILES string of the molecule is CC(C)(C)C1=NCCCC(=O)N1C(C)(C)C. The summed E-state index contributed by atoms with van der Waals surface area (Å²) in [6, 6.07) is 0. The van der Waals surface area contributed by atoms with Crippen molar-refractivity contribution in [2.24, 2.45) is 10.4 Å². The van der Waals surface area contributed by atoms with Crippen LogP contribution in [-0.2, 0) is 4.79 Å². The van der Waals surface area contributed by atoms with Crippen LogP contribution in [0.25, 0.3) is 0 Å². The van der Waals surface area contributed by atoms with Crippen LogP contribution in [0.1, 0.15) is 54.4 Å². The van der Waals surface area contributed by atoms with Crippen molar-refractivity contribution in [1.29, 1.82) is 0 Å². The van der Waals surface area contributed by atoms with Gasteiger partial charge in [-0.2, -0.15) is 0 Å². The number of nitrogens with zero attached hydrogens (tertiary/aromatic N) is 2. The van der Waals surface area contributed by atoms with Crippen LogP contribution in [0, 0.1) is 5.41 Å². The van der Waals surface area contributed by atoms with Gasteiger partial charge in [-0.25, -0.2) is 0 Å². The summed E-state index contributed by atoms with van der Waals surface area (Å²) < 4.78 is 0. The van der Waals surface area contributed by atoms with Gasteiger partial charge in [-0.3, -0.25) is 14.7 Å². The largest absolute Gasteiger partial charge is 0.295 e. The normalized spacial score (nSPS) is 19.5. The zero-order chi connectivity index (χ0) is 12.6. The first kappa shape index (κ1) is 13.2. The molecule has 0 aromatic rings. The van der Waals surface area contributed by atoms with Gasteiger partial charge in [0.25, 0.3) is 0 Å². The van der Waals surface area contributed by atoms with Crippen LogP contribution in [-0.4, -0.2) is 28.7 Å². The first-order chi connectivity index (χ1) is 7.14. The lowest BCUT2D eigenvalue weighted by molar-refractivity contribution is -0.130. The molecule has 16 heavy (non-hydrogen) atoms. The van der Waals surface area contributed by atoms with E-state index in [-0.39, 0.29) is 16.9 Å². The Morgan fingerprint density at radius 3 is 2.12 bits per heavy atom. The van der Waals surface area contributed by atoms with E-state index in [0.717, 1.165) is 18.8 Å². The first-order valence-corrected chi connectivity index (χ1v) is 6.02. The summed E-state index contributed by atoms with van der Waals surface area (Å²) in [5, 5.41) is 0. The number of aliphatic imine (C=N–C) groups is 1. The molecule has 0 radical (unpaired) electrons. The molecule has 0 aromatic heterocycles. The fourth-order valence-corrected chi connectivity index (χ4v) is 1.98. The Kier molecular flexibility index (Phi) is 3.46. The average molecular weight is 224 g/mol. The summed E-state index contributed by atoms with van der Waals surface area (Å²) in [5.74, 6) is 1.14. The molecule has 92 valence electrons. The molecule has 3 heteroatoms. The predicted molar refractivity (Wildman–Crippen MR) is 67.6 cm³/mol. The van der Waals surface area contributed by atoms with Crippen molar-refractivity contribution in [2.75, 3.05) is 6.54 Å². The highest BCUT2D eigenvalue weighted by Gasteiger charge is 2.36. The summed E-state index contributed by atoms with van der Waals surface area (Å²) in [5.41, 5.74) is -0.263. The lowest BCUT2D eigenvalue weighted by atomic mass is 9.91. The lowest BCUT2D eigenvalue weighted by Gasteiger charge is -2.40. The fourth-order valence-electron chi connectivity index (χ4n) is 1.98. The third-order valence-corrected chi connectivity index (χ3v) is 2.61. The molecular formula is C13H24N2O. The van der Waals surface area contributed by atoms with Gasteiger partial charge in [0.15, 0.2) is 0 Å². The fraction of sp³-hybridized carbons (Fsp3) is 0.846. The molecule has 0 aromatic carbocycles. The lowest BCUT2D eigenvalue weighted by Crippen LogP contribution is -2.52. The Bertz CT molecular complexity index is 305. The molecule has 0 bridgehead atoms. The minimum absolute atomic E-state index is 0.0761. The van der Waals surface area contributed by atoms with Gasteiger partial charge in [0.1, 0.15) is 5.84 Å². The average Bonchev–Trinajstić information content (AvgIpc) is 2.23. The molecule has 1 amide bonds. The second-order valence-corrected chi connectivity index (χ2v) is 6.46. The van der Waals surface area contributed by atoms with Crippen molar-refractivity contribution in [3.8, 4) is 0 Å². The molecule has 3 nitrogen and oxygen atoms in total. The van der Waals surface area contributed by atoms with Gasteiger partial charge in [-0.1, -0.05) is 20.8 Å². The summed E-state index contributed by atoms with van der Waals surface area (Å²) in [7, 11) is 0. The molecule has 0 aliphatic carbocycles. The van der Waals surface area contributed by atoms with Crippen LogP contribution in [0.3, 0.4) is 0 Å². The maximum atomic E-state index is 12.2. The third kappa shape index (κ3) is 2.83. The molecular weight excluding hydrogens is 200 g/mol. The van der Waals surface area contributed by atoms with E-state index in [0.29, 0.717) is 6.42 Å². The maximum absolute atomic E-state index is 12.2. The number of amidine groups is 1. The highest BCUT2D eigenvalue weighted by atomic mass is 16.2. The Hall–Kier alpha value is -0.860. The number of carbonyl (C=O) groups excluding carboxylic acids is 1. The maximum Gasteiger partial charge on any atom is 0.228 e. The quantitative estimate of drug-likeness (QED) is 0.622. The summed E-state index contributed by atoms with van der Waals surface area (Å²) in [6.07, 6.45) is 1.48. The standard InChI is InChI=1S/C13H24N2O/c1-12(2,3)11-14-9-7-8-10(16)15(11)13(4,5)6/h7-9H2,1-6H3. The van der Waals surface area contributed by atoms with E-state index >= 15 is 0 Å². The highest BCUT2D eigenvalue weighted by molar-refractivity contribution is 6.02. The van der Waals surface area contributed by atoms with Gasteiger partial charge in [-0.15, -0.1) is 0 Å². The number of carbonyl (C=O) groups is 1. The van der Waals surface area contributed by atoms with Crippen LogP contribution in [0.15, 0.2) is 4.99 Å². The van der Waals surface area contributed by atoms with Gasteiger partial charge in [-0.05, 0) is 27.2 Å². The van der Waals surface area contributed by atoms with Gasteiger partial charge < -0.3 is 0 Å². The van der Waals surface area contributed by atoms with E-state index in [9.17, 15) is 4.79 Å². The van der Waals surface area contributed by atoms with Gasteiger partial charge in [0.05, 0.1) is 0 Å². The Balaban J connectivity index is 3.18. The number of amides is 1. The molecule has 0 spiro atoms. The minimum atomic E-state index is -0.187. The van der Waals surface area contributed by atoms with Crippen molar-refractivity contribution in [3.63, 3.8) is 0 Å². The van der Waals surface area contributed by atoms with Crippen molar-refractivity contribution in [3.05, 3.63) is 0 Å². The molecule has 0 atom stereocenters. The zero-order valence-corrected chi connectivity index (χ0v) is 11.4. The van der Waals surface area contributed by atoms with Gasteiger partial charge in [0.2, 0.25) is 5.91 Å². The monoisotopic (exact) mass is 224 g/mol. The van der Waals surface area contributed by atoms with Crippen LogP contribution >= 0.6 is 0 Å². The summed E-state index contributed by atoms with van der Waals surface area (Å²) >= 11 is 0. The molecule has 0 saturated carbocycles. The van der Waals surface area contributed by atoms with Gasteiger partial charge in [0, 0.05) is 23.9 Å². The molecule has 1 aliphatic rings. The number of hydrogen-bond donors (Lipinski definition) is 0. The third-order valence-electron chi connectivity index (χ3n) is 2.61. The number of hydrogen-bond acceptors (Lipinski definition) is 2. The zero-order valence-electron chi connectivity index (χ0n) is 11.4. The van der Waals surface area contributed by atoms with Crippen molar-refractivity contribution in [2.45, 2.75) is 59.9 Å². The number of rotatable bonds is 0. The van der Waals surface area contributed by atoms with E-state index in [1.54, 1.807) is 0 Å². The van der Waals surface area contributed by atoms with E-state index in [1.165, 1.54) is 0 Å². The molecule has 0 unspecified atom stereocenters. The molecule has 0 fully saturated rings. The second kappa shape index (κ2) is 4.19. The van der Waals surface area contributed by atoms with Crippen LogP contribution in [0.5, 0.6) is 0 Å². The van der Waals surface area contributed by atoms with Crippen molar-refractivity contribution in [1.82, 2.24) is 4.90 Å². The predicted octanol–water partition coefficient (Wildman–Crippen LogP) is 2.85. The first-order valence-electron chi connectivity index (χ1n) is 6.02. The summed E-state index contributed by atoms with van der Waals surface area (Å²) in [4.78, 5) is 18.7. The van der Waals surface area contributed by atoms with E-state index in [2.05, 4.69) is 46.5 Å². The molecule has 1 rings (SSSR count). The van der Waals surface area contributed by atoms with Crippen LogP contribution in [0.4, 0.5) is 0 Å². The van der Waals surface area contributed by atoms with E-state index < -0.39 is 0 Å². The molecule has 1 heterocycles. The van der Waals surface area contributed by atoms with E-state index in [1.807, 2.05) is 4.90 Å².